The molecule has 1 aliphatic heterocycles. The summed E-state index contributed by atoms with van der Waals surface area (Å²) >= 11 is 0. The van der Waals surface area contributed by atoms with Crippen molar-refractivity contribution < 1.29 is 0 Å². The summed E-state index contributed by atoms with van der Waals surface area (Å²) in [6.07, 6.45) is 6.52. The zero-order valence-corrected chi connectivity index (χ0v) is 12.3. The monoisotopic (exact) mass is 240 g/mol. The van der Waals surface area contributed by atoms with E-state index in [9.17, 15) is 0 Å². The first-order chi connectivity index (χ1) is 8.26. The fourth-order valence-electron chi connectivity index (χ4n) is 3.21. The van der Waals surface area contributed by atoms with Gasteiger partial charge in [-0.3, -0.25) is 0 Å². The summed E-state index contributed by atoms with van der Waals surface area (Å²) < 4.78 is 0. The molecule has 0 amide bonds. The Bertz CT molecular complexity index is 189. The molecule has 17 heavy (non-hydrogen) atoms. The lowest BCUT2D eigenvalue weighted by molar-refractivity contribution is 0.0899. The van der Waals surface area contributed by atoms with Gasteiger partial charge in [0, 0.05) is 18.6 Å². The molecule has 1 saturated heterocycles. The van der Waals surface area contributed by atoms with Gasteiger partial charge in [-0.15, -0.1) is 0 Å². The molecule has 2 unspecified atom stereocenters. The lowest BCUT2D eigenvalue weighted by atomic mass is 9.88. The van der Waals surface area contributed by atoms with E-state index in [4.69, 9.17) is 0 Å². The Morgan fingerprint density at radius 3 is 2.41 bits per heavy atom. The molecule has 2 heteroatoms. The molecule has 2 atom stereocenters. The van der Waals surface area contributed by atoms with Gasteiger partial charge in [-0.1, -0.05) is 34.1 Å². The maximum Gasteiger partial charge on any atom is 0.0120 e. The molecule has 2 nitrogen and oxygen atoms in total. The van der Waals surface area contributed by atoms with Crippen LogP contribution in [0.2, 0.25) is 0 Å². The van der Waals surface area contributed by atoms with Crippen LogP contribution in [0.4, 0.5) is 0 Å². The summed E-state index contributed by atoms with van der Waals surface area (Å²) in [5.41, 5.74) is 0. The minimum atomic E-state index is 0.769. The van der Waals surface area contributed by atoms with E-state index in [1.165, 1.54) is 51.7 Å². The average Bonchev–Trinajstić information content (AvgIpc) is 2.38. The van der Waals surface area contributed by atoms with Crippen LogP contribution in [-0.4, -0.2) is 36.6 Å². The van der Waals surface area contributed by atoms with E-state index in [0.29, 0.717) is 0 Å². The van der Waals surface area contributed by atoms with Crippen molar-refractivity contribution in [2.45, 2.75) is 71.9 Å². The number of nitrogens with one attached hydrogen (secondary N) is 1. The summed E-state index contributed by atoms with van der Waals surface area (Å²) in [5, 5.41) is 3.74. The van der Waals surface area contributed by atoms with Crippen molar-refractivity contribution in [2.75, 3.05) is 19.6 Å². The molecule has 0 bridgehead atoms. The van der Waals surface area contributed by atoms with Crippen LogP contribution in [0.25, 0.3) is 0 Å². The van der Waals surface area contributed by atoms with Gasteiger partial charge < -0.3 is 10.2 Å². The molecule has 102 valence electrons. The first kappa shape index (κ1) is 15.0. The molecule has 0 aliphatic carbocycles. The molecular formula is C15H32N2. The molecule has 1 rings (SSSR count). The number of likely N-dealkylation sites (tertiary alicyclic amines) is 1. The van der Waals surface area contributed by atoms with Crippen LogP contribution in [0.5, 0.6) is 0 Å². The summed E-state index contributed by atoms with van der Waals surface area (Å²) in [5.74, 6) is 0.857. The van der Waals surface area contributed by atoms with Crippen molar-refractivity contribution in [1.82, 2.24) is 10.2 Å². The number of piperidine rings is 1. The second-order valence-corrected chi connectivity index (χ2v) is 5.48. The normalized spacial score (nSPS) is 26.6. The lowest BCUT2D eigenvalue weighted by Gasteiger charge is -2.42. The van der Waals surface area contributed by atoms with E-state index in [1.807, 2.05) is 0 Å². The highest BCUT2D eigenvalue weighted by Crippen LogP contribution is 2.23. The third-order valence-corrected chi connectivity index (χ3v) is 4.41. The SMILES string of the molecule is CCCNC1CCN(C(CC)CC)CC1CC. The van der Waals surface area contributed by atoms with Crippen LogP contribution in [0, 0.1) is 5.92 Å². The predicted molar refractivity (Wildman–Crippen MR) is 76.4 cm³/mol. The molecule has 0 spiro atoms. The number of rotatable bonds is 7. The summed E-state index contributed by atoms with van der Waals surface area (Å²) in [4.78, 5) is 2.73. The van der Waals surface area contributed by atoms with Gasteiger partial charge in [0.25, 0.3) is 0 Å². The molecule has 1 heterocycles. The topological polar surface area (TPSA) is 15.3 Å². The van der Waals surface area contributed by atoms with Gasteiger partial charge in [0.05, 0.1) is 0 Å². The Labute approximate surface area is 108 Å². The highest BCUT2D eigenvalue weighted by Gasteiger charge is 2.29. The van der Waals surface area contributed by atoms with Gasteiger partial charge in [0.1, 0.15) is 0 Å². The molecule has 0 saturated carbocycles. The van der Waals surface area contributed by atoms with Gasteiger partial charge in [-0.25, -0.2) is 0 Å². The number of nitrogens with zero attached hydrogens (tertiary/aromatic N) is 1. The van der Waals surface area contributed by atoms with Crippen LogP contribution in [0.15, 0.2) is 0 Å². The van der Waals surface area contributed by atoms with E-state index in [1.54, 1.807) is 0 Å². The fraction of sp³-hybridized carbons (Fsp3) is 1.00. The minimum absolute atomic E-state index is 0.769. The molecule has 0 aromatic heterocycles. The van der Waals surface area contributed by atoms with Crippen molar-refractivity contribution >= 4 is 0 Å². The minimum Gasteiger partial charge on any atom is -0.314 e. The largest absolute Gasteiger partial charge is 0.314 e. The van der Waals surface area contributed by atoms with Crippen LogP contribution in [-0.2, 0) is 0 Å². The highest BCUT2D eigenvalue weighted by molar-refractivity contribution is 4.86. The average molecular weight is 240 g/mol. The first-order valence-electron chi connectivity index (χ1n) is 7.74. The quantitative estimate of drug-likeness (QED) is 0.735. The number of hydrogen-bond donors (Lipinski definition) is 1. The Morgan fingerprint density at radius 1 is 1.18 bits per heavy atom. The fourth-order valence-corrected chi connectivity index (χ4v) is 3.21. The van der Waals surface area contributed by atoms with Crippen molar-refractivity contribution in [2.24, 2.45) is 5.92 Å². The smallest absolute Gasteiger partial charge is 0.0120 e. The second kappa shape index (κ2) is 8.10. The Balaban J connectivity index is 2.47. The third kappa shape index (κ3) is 4.26. The van der Waals surface area contributed by atoms with Gasteiger partial charge in [-0.05, 0) is 44.7 Å². The summed E-state index contributed by atoms with van der Waals surface area (Å²) in [7, 11) is 0. The van der Waals surface area contributed by atoms with E-state index in [0.717, 1.165) is 18.0 Å². The molecule has 1 fully saturated rings. The molecule has 0 aromatic carbocycles. The Morgan fingerprint density at radius 2 is 1.88 bits per heavy atom. The molecule has 0 aromatic rings. The standard InChI is InChI=1S/C15H32N2/c1-5-10-16-15-9-11-17(12-13(15)6-2)14(7-3)8-4/h13-16H,5-12H2,1-4H3. The maximum atomic E-state index is 3.74. The van der Waals surface area contributed by atoms with Gasteiger partial charge in [0.2, 0.25) is 0 Å². The van der Waals surface area contributed by atoms with Crippen molar-refractivity contribution in [3.8, 4) is 0 Å². The van der Waals surface area contributed by atoms with Crippen LogP contribution >= 0.6 is 0 Å². The Kier molecular flexibility index (Phi) is 7.14. The number of hydrogen-bond acceptors (Lipinski definition) is 2. The zero-order valence-electron chi connectivity index (χ0n) is 12.3. The van der Waals surface area contributed by atoms with Crippen molar-refractivity contribution in [1.29, 1.82) is 0 Å². The lowest BCUT2D eigenvalue weighted by Crippen LogP contribution is -2.52. The van der Waals surface area contributed by atoms with Crippen molar-refractivity contribution in [3.63, 3.8) is 0 Å². The zero-order chi connectivity index (χ0) is 12.7. The molecule has 1 aliphatic rings. The van der Waals surface area contributed by atoms with Gasteiger partial charge >= 0.3 is 0 Å². The van der Waals surface area contributed by atoms with Crippen molar-refractivity contribution in [3.05, 3.63) is 0 Å². The van der Waals surface area contributed by atoms with Crippen LogP contribution in [0.1, 0.15) is 59.8 Å². The Hall–Kier alpha value is -0.0800. The third-order valence-electron chi connectivity index (χ3n) is 4.41. The van der Waals surface area contributed by atoms with Gasteiger partial charge in [-0.2, -0.15) is 0 Å². The van der Waals surface area contributed by atoms with E-state index in [2.05, 4.69) is 37.9 Å². The molecular weight excluding hydrogens is 208 g/mol. The second-order valence-electron chi connectivity index (χ2n) is 5.48. The van der Waals surface area contributed by atoms with Crippen LogP contribution < -0.4 is 5.32 Å². The maximum absolute atomic E-state index is 3.74. The molecule has 1 N–H and O–H groups in total. The van der Waals surface area contributed by atoms with E-state index < -0.39 is 0 Å². The summed E-state index contributed by atoms with van der Waals surface area (Å²) in [6, 6.07) is 1.58. The summed E-state index contributed by atoms with van der Waals surface area (Å²) in [6.45, 7) is 13.1. The van der Waals surface area contributed by atoms with Gasteiger partial charge in [0.15, 0.2) is 0 Å². The molecule has 0 radical (unpaired) electrons. The van der Waals surface area contributed by atoms with E-state index >= 15 is 0 Å². The van der Waals surface area contributed by atoms with Crippen LogP contribution in [0.3, 0.4) is 0 Å². The highest BCUT2D eigenvalue weighted by atomic mass is 15.2. The first-order valence-corrected chi connectivity index (χ1v) is 7.74. The van der Waals surface area contributed by atoms with E-state index in [-0.39, 0.29) is 0 Å². The predicted octanol–water partition coefficient (Wildman–Crippen LogP) is 3.28.